The van der Waals surface area contributed by atoms with Crippen LogP contribution in [0.3, 0.4) is 0 Å². The van der Waals surface area contributed by atoms with Crippen molar-refractivity contribution >= 4 is 16.8 Å². The summed E-state index contributed by atoms with van der Waals surface area (Å²) in [4.78, 5) is 22.8. The number of likely N-dealkylation sites (tertiary alicyclic amines) is 1. The molecule has 1 amide bonds. The van der Waals surface area contributed by atoms with E-state index >= 15 is 0 Å². The van der Waals surface area contributed by atoms with Gasteiger partial charge in [-0.15, -0.1) is 0 Å². The molecule has 1 aliphatic heterocycles. The van der Waals surface area contributed by atoms with Gasteiger partial charge in [-0.05, 0) is 50.7 Å². The predicted molar refractivity (Wildman–Crippen MR) is 110 cm³/mol. The number of para-hydroxylation sites is 1. The molecule has 1 aromatic carbocycles. The fraction of sp³-hybridized carbons (Fsp3) is 0.478. The molecule has 0 spiro atoms. The lowest BCUT2D eigenvalue weighted by Gasteiger charge is -2.19. The third kappa shape index (κ3) is 3.23. The van der Waals surface area contributed by atoms with Gasteiger partial charge < -0.3 is 14.5 Å². The van der Waals surface area contributed by atoms with Crippen molar-refractivity contribution in [3.63, 3.8) is 0 Å². The molecule has 1 aliphatic carbocycles. The number of aromatic amines is 1. The zero-order valence-electron chi connectivity index (χ0n) is 16.5. The van der Waals surface area contributed by atoms with Gasteiger partial charge >= 0.3 is 0 Å². The van der Waals surface area contributed by atoms with Crippen LogP contribution in [0.2, 0.25) is 0 Å². The largest absolute Gasteiger partial charge is 0.361 e. The first-order chi connectivity index (χ1) is 13.7. The fourth-order valence-electron chi connectivity index (χ4n) is 4.69. The van der Waals surface area contributed by atoms with Crippen LogP contribution in [0.15, 0.2) is 36.7 Å². The summed E-state index contributed by atoms with van der Waals surface area (Å²) in [5, 5.41) is 1.28. The number of carbonyl (C=O) groups is 1. The van der Waals surface area contributed by atoms with Gasteiger partial charge in [-0.25, -0.2) is 4.98 Å². The summed E-state index contributed by atoms with van der Waals surface area (Å²) in [5.74, 6) is 2.19. The van der Waals surface area contributed by atoms with E-state index in [2.05, 4.69) is 50.8 Å². The van der Waals surface area contributed by atoms with Gasteiger partial charge in [0, 0.05) is 54.4 Å². The molecule has 5 nitrogen and oxygen atoms in total. The van der Waals surface area contributed by atoms with Gasteiger partial charge in [0.2, 0.25) is 5.91 Å². The monoisotopic (exact) mass is 376 g/mol. The molecule has 1 atom stereocenters. The zero-order valence-corrected chi connectivity index (χ0v) is 16.5. The van der Waals surface area contributed by atoms with Crippen LogP contribution in [0.4, 0.5) is 0 Å². The van der Waals surface area contributed by atoms with Crippen molar-refractivity contribution in [1.82, 2.24) is 19.4 Å². The first-order valence-electron chi connectivity index (χ1n) is 10.6. The van der Waals surface area contributed by atoms with Crippen LogP contribution in [-0.4, -0.2) is 38.4 Å². The molecule has 0 radical (unpaired) electrons. The highest BCUT2D eigenvalue weighted by atomic mass is 16.2. The van der Waals surface area contributed by atoms with Gasteiger partial charge in [-0.3, -0.25) is 4.79 Å². The summed E-state index contributed by atoms with van der Waals surface area (Å²) in [7, 11) is 0. The van der Waals surface area contributed by atoms with Gasteiger partial charge in [0.1, 0.15) is 5.82 Å². The molecule has 28 heavy (non-hydrogen) atoms. The molecule has 3 aromatic rings. The summed E-state index contributed by atoms with van der Waals surface area (Å²) in [5.41, 5.74) is 3.72. The molecule has 1 N–H and O–H groups in total. The second-order valence-corrected chi connectivity index (χ2v) is 8.40. The Kier molecular flexibility index (Phi) is 4.46. The number of fused-ring (bicyclic) bond motifs is 1. The van der Waals surface area contributed by atoms with E-state index in [1.54, 1.807) is 0 Å². The van der Waals surface area contributed by atoms with Gasteiger partial charge in [-0.2, -0.15) is 0 Å². The van der Waals surface area contributed by atoms with Crippen molar-refractivity contribution in [2.75, 3.05) is 13.1 Å². The molecule has 1 unspecified atom stereocenters. The van der Waals surface area contributed by atoms with Crippen molar-refractivity contribution in [2.45, 2.75) is 57.4 Å². The molecule has 0 bridgehead atoms. The number of aromatic nitrogens is 3. The molecule has 146 valence electrons. The number of nitrogens with zero attached hydrogens (tertiary/aromatic N) is 3. The Morgan fingerprint density at radius 1 is 1.25 bits per heavy atom. The number of hydrogen-bond acceptors (Lipinski definition) is 2. The summed E-state index contributed by atoms with van der Waals surface area (Å²) >= 11 is 0. The average molecular weight is 377 g/mol. The number of imidazole rings is 1. The van der Waals surface area contributed by atoms with Crippen LogP contribution in [0.5, 0.6) is 0 Å². The molecular weight excluding hydrogens is 348 g/mol. The molecule has 2 aromatic heterocycles. The van der Waals surface area contributed by atoms with E-state index in [4.69, 9.17) is 0 Å². The lowest BCUT2D eigenvalue weighted by Crippen LogP contribution is -2.29. The van der Waals surface area contributed by atoms with Crippen LogP contribution in [-0.2, 0) is 11.2 Å². The molecule has 5 heteroatoms. The van der Waals surface area contributed by atoms with Gasteiger partial charge in [-0.1, -0.05) is 18.2 Å². The van der Waals surface area contributed by atoms with Crippen LogP contribution >= 0.6 is 0 Å². The van der Waals surface area contributed by atoms with Gasteiger partial charge in [0.25, 0.3) is 0 Å². The molecular formula is C23H28N4O. The van der Waals surface area contributed by atoms with E-state index in [-0.39, 0.29) is 0 Å². The average Bonchev–Trinajstić information content (AvgIpc) is 3.12. The lowest BCUT2D eigenvalue weighted by atomic mass is 10.1. The summed E-state index contributed by atoms with van der Waals surface area (Å²) in [6.07, 6.45) is 10.1. The number of H-pyrrole nitrogens is 1. The highest BCUT2D eigenvalue weighted by Gasteiger charge is 2.34. The normalized spacial score (nSPS) is 19.6. The van der Waals surface area contributed by atoms with Crippen molar-refractivity contribution in [1.29, 1.82) is 0 Å². The number of aryl methyl sites for hydroxylation is 2. The quantitative estimate of drug-likeness (QED) is 0.695. The van der Waals surface area contributed by atoms with E-state index in [9.17, 15) is 4.79 Å². The minimum atomic E-state index is 0.299. The number of nitrogens with one attached hydrogen (secondary N) is 1. The van der Waals surface area contributed by atoms with Crippen LogP contribution in [0.1, 0.15) is 61.1 Å². The Morgan fingerprint density at radius 3 is 2.96 bits per heavy atom. The third-order valence-electron chi connectivity index (χ3n) is 6.35. The molecule has 1 saturated heterocycles. The maximum atomic E-state index is 12.8. The van der Waals surface area contributed by atoms with Crippen molar-refractivity contribution in [3.05, 3.63) is 53.7 Å². The number of carbonyl (C=O) groups excluding carboxylic acids is 1. The Labute approximate surface area is 165 Å². The maximum absolute atomic E-state index is 12.8. The second kappa shape index (κ2) is 7.12. The van der Waals surface area contributed by atoms with E-state index < -0.39 is 0 Å². The molecule has 1 saturated carbocycles. The zero-order chi connectivity index (χ0) is 19.1. The Bertz CT molecular complexity index is 997. The van der Waals surface area contributed by atoms with E-state index in [1.165, 1.54) is 40.8 Å². The summed E-state index contributed by atoms with van der Waals surface area (Å²) in [6, 6.07) is 8.77. The maximum Gasteiger partial charge on any atom is 0.222 e. The molecule has 5 rings (SSSR count). The van der Waals surface area contributed by atoms with E-state index in [0.717, 1.165) is 32.4 Å². The van der Waals surface area contributed by atoms with Gasteiger partial charge in [0.05, 0.1) is 6.04 Å². The predicted octanol–water partition coefficient (Wildman–Crippen LogP) is 4.35. The minimum Gasteiger partial charge on any atom is -0.361 e. The van der Waals surface area contributed by atoms with E-state index in [1.807, 2.05) is 12.3 Å². The molecule has 3 heterocycles. The number of amides is 1. The van der Waals surface area contributed by atoms with Crippen LogP contribution in [0.25, 0.3) is 10.9 Å². The standard InChI is InChI=1S/C23H28N4O/c1-16-13-25-23(17-9-10-17)27(16)19-11-12-26(15-19)22(28)8-4-5-18-14-24-21-7-3-2-6-20(18)21/h2-3,6-7,13-14,17,19,24H,4-5,8-12,15H2,1H3. The minimum absolute atomic E-state index is 0.299. The van der Waals surface area contributed by atoms with Crippen molar-refractivity contribution in [3.8, 4) is 0 Å². The lowest BCUT2D eigenvalue weighted by molar-refractivity contribution is -0.130. The van der Waals surface area contributed by atoms with Gasteiger partial charge in [0.15, 0.2) is 0 Å². The highest BCUT2D eigenvalue weighted by molar-refractivity contribution is 5.83. The topological polar surface area (TPSA) is 53.9 Å². The first-order valence-corrected chi connectivity index (χ1v) is 10.6. The molecule has 2 aliphatic rings. The van der Waals surface area contributed by atoms with Crippen LogP contribution < -0.4 is 0 Å². The highest BCUT2D eigenvalue weighted by Crippen LogP contribution is 2.41. The van der Waals surface area contributed by atoms with Crippen molar-refractivity contribution in [2.24, 2.45) is 0 Å². The Balaban J connectivity index is 1.17. The molecule has 2 fully saturated rings. The number of rotatable bonds is 6. The third-order valence-corrected chi connectivity index (χ3v) is 6.35. The Morgan fingerprint density at radius 2 is 2.11 bits per heavy atom. The Hall–Kier alpha value is -2.56. The number of benzene rings is 1. The SMILES string of the molecule is Cc1cnc(C2CC2)n1C1CCN(C(=O)CCCc2c[nH]c3ccccc23)C1. The van der Waals surface area contributed by atoms with Crippen LogP contribution in [0, 0.1) is 6.92 Å². The van der Waals surface area contributed by atoms with Crippen molar-refractivity contribution < 1.29 is 4.79 Å². The second-order valence-electron chi connectivity index (χ2n) is 8.40. The number of hydrogen-bond donors (Lipinski definition) is 1. The van der Waals surface area contributed by atoms with E-state index in [0.29, 0.717) is 24.3 Å². The first kappa shape index (κ1) is 17.5. The summed E-state index contributed by atoms with van der Waals surface area (Å²) in [6.45, 7) is 3.85. The smallest absolute Gasteiger partial charge is 0.222 e. The summed E-state index contributed by atoms with van der Waals surface area (Å²) < 4.78 is 2.41. The fourth-order valence-corrected chi connectivity index (χ4v) is 4.69.